The first kappa shape index (κ1) is 24.0. The lowest BCUT2D eigenvalue weighted by atomic mass is 9.85. The molecule has 0 aliphatic carbocycles. The van der Waals surface area contributed by atoms with E-state index >= 15 is 0 Å². The van der Waals surface area contributed by atoms with Crippen molar-refractivity contribution in [1.82, 2.24) is 5.32 Å². The predicted molar refractivity (Wildman–Crippen MR) is 95.2 cm³/mol. The van der Waals surface area contributed by atoms with E-state index in [1.807, 2.05) is 6.92 Å². The van der Waals surface area contributed by atoms with E-state index in [2.05, 4.69) is 5.32 Å². The molecule has 0 aromatic rings. The van der Waals surface area contributed by atoms with Gasteiger partial charge < -0.3 is 27.0 Å². The second-order valence-electron chi connectivity index (χ2n) is 6.76. The van der Waals surface area contributed by atoms with Gasteiger partial charge in [0.1, 0.15) is 12.1 Å². The van der Waals surface area contributed by atoms with Gasteiger partial charge in [-0.25, -0.2) is 4.79 Å². The Morgan fingerprint density at radius 2 is 1.38 bits per heavy atom. The lowest BCUT2D eigenvalue weighted by Crippen LogP contribution is -2.59. The van der Waals surface area contributed by atoms with Gasteiger partial charge in [0.05, 0.1) is 12.0 Å². The first-order valence-corrected chi connectivity index (χ1v) is 8.77. The number of hydrogen-bond donors (Lipinski definition) is 5. The van der Waals surface area contributed by atoms with Gasteiger partial charge in [-0.05, 0) is 11.8 Å². The summed E-state index contributed by atoms with van der Waals surface area (Å²) in [5, 5.41) is 20.8. The largest absolute Gasteiger partial charge is 0.481 e. The van der Waals surface area contributed by atoms with E-state index in [1.54, 1.807) is 20.8 Å². The first-order chi connectivity index (χ1) is 12.0. The maximum atomic E-state index is 12.3. The number of carbonyl (C=O) groups is 4. The third kappa shape index (κ3) is 6.72. The molecule has 0 aromatic carbocycles. The molecular formula is C17H31N3O6. The van der Waals surface area contributed by atoms with Crippen LogP contribution in [0.3, 0.4) is 0 Å². The number of nitrogens with two attached hydrogens (primary N) is 2. The molecule has 0 saturated heterocycles. The van der Waals surface area contributed by atoms with Gasteiger partial charge >= 0.3 is 11.9 Å². The lowest BCUT2D eigenvalue weighted by Gasteiger charge is -2.25. The minimum atomic E-state index is -1.46. The van der Waals surface area contributed by atoms with Crippen LogP contribution in [0.2, 0.25) is 0 Å². The monoisotopic (exact) mass is 373 g/mol. The summed E-state index contributed by atoms with van der Waals surface area (Å²) in [6.45, 7) is 6.97. The third-order valence-corrected chi connectivity index (χ3v) is 4.91. The van der Waals surface area contributed by atoms with Crippen molar-refractivity contribution in [2.45, 2.75) is 65.1 Å². The van der Waals surface area contributed by atoms with Crippen molar-refractivity contribution in [2.24, 2.45) is 29.2 Å². The molecule has 0 spiro atoms. The molecule has 0 heterocycles. The van der Waals surface area contributed by atoms with Crippen molar-refractivity contribution in [3.8, 4) is 0 Å². The molecule has 150 valence electrons. The van der Waals surface area contributed by atoms with Crippen molar-refractivity contribution in [1.29, 1.82) is 0 Å². The average molecular weight is 373 g/mol. The topological polar surface area (TPSA) is 173 Å². The van der Waals surface area contributed by atoms with Gasteiger partial charge in [-0.15, -0.1) is 0 Å². The quantitative estimate of drug-likeness (QED) is 0.317. The number of nitrogens with one attached hydrogen (secondary N) is 1. The number of rotatable bonds is 12. The molecule has 0 saturated carbocycles. The molecule has 26 heavy (non-hydrogen) atoms. The summed E-state index contributed by atoms with van der Waals surface area (Å²) in [6, 6.07) is -4.01. The molecule has 0 radical (unpaired) electrons. The van der Waals surface area contributed by atoms with E-state index in [4.69, 9.17) is 11.5 Å². The summed E-state index contributed by atoms with van der Waals surface area (Å²) < 4.78 is 0. The number of amides is 1. The zero-order valence-electron chi connectivity index (χ0n) is 15.8. The minimum absolute atomic E-state index is 0.240. The van der Waals surface area contributed by atoms with Gasteiger partial charge in [0.15, 0.2) is 5.78 Å². The number of carbonyl (C=O) groups excluding carboxylic acids is 2. The molecule has 9 nitrogen and oxygen atoms in total. The number of ketones is 1. The Labute approximate surface area is 153 Å². The van der Waals surface area contributed by atoms with E-state index in [0.29, 0.717) is 12.8 Å². The summed E-state index contributed by atoms with van der Waals surface area (Å²) in [7, 11) is 0. The van der Waals surface area contributed by atoms with Crippen molar-refractivity contribution >= 4 is 23.6 Å². The second-order valence-corrected chi connectivity index (χ2v) is 6.76. The molecule has 0 aliphatic heterocycles. The molecule has 0 aromatic heterocycles. The van der Waals surface area contributed by atoms with Crippen molar-refractivity contribution < 1.29 is 29.4 Å². The number of carboxylic acid groups (broad SMARTS) is 2. The van der Waals surface area contributed by atoms with Gasteiger partial charge in [-0.1, -0.05) is 40.5 Å². The van der Waals surface area contributed by atoms with E-state index in [9.17, 15) is 29.4 Å². The summed E-state index contributed by atoms with van der Waals surface area (Å²) in [6.07, 6.45) is 0.758. The summed E-state index contributed by atoms with van der Waals surface area (Å²) in [5.74, 6) is -5.30. The summed E-state index contributed by atoms with van der Waals surface area (Å²) in [4.78, 5) is 47.0. The molecule has 2 unspecified atom stereocenters. The Morgan fingerprint density at radius 1 is 0.885 bits per heavy atom. The highest BCUT2D eigenvalue weighted by Gasteiger charge is 2.35. The maximum Gasteiger partial charge on any atom is 0.326 e. The van der Waals surface area contributed by atoms with Gasteiger partial charge in [0, 0.05) is 6.42 Å². The third-order valence-electron chi connectivity index (χ3n) is 4.91. The Hall–Kier alpha value is -2.00. The number of carboxylic acids is 2. The fourth-order valence-corrected chi connectivity index (χ4v) is 2.47. The van der Waals surface area contributed by atoms with Crippen molar-refractivity contribution in [3.63, 3.8) is 0 Å². The maximum absolute atomic E-state index is 12.3. The van der Waals surface area contributed by atoms with Crippen LogP contribution >= 0.6 is 0 Å². The van der Waals surface area contributed by atoms with Crippen LogP contribution in [-0.2, 0) is 19.2 Å². The standard InChI is InChI=1S/C17H31N3O6/c1-5-8(3)10(16(23)24)7-11(21)12(18)13(19)15(22)20-14(17(25)26)9(4)6-2/h8-10,12-14H,5-7,18-19H2,1-4H3,(H,20,22)(H,23,24)(H,25,26)/t8?,9?,10-,12+,13-,14-/m0/s1. The second kappa shape index (κ2) is 10.9. The molecule has 0 aliphatic rings. The zero-order chi connectivity index (χ0) is 20.6. The fraction of sp³-hybridized carbons (Fsp3) is 0.765. The van der Waals surface area contributed by atoms with Gasteiger partial charge in [0.2, 0.25) is 5.91 Å². The summed E-state index contributed by atoms with van der Waals surface area (Å²) in [5.41, 5.74) is 11.5. The molecule has 0 bridgehead atoms. The van der Waals surface area contributed by atoms with E-state index in [0.717, 1.165) is 0 Å². The van der Waals surface area contributed by atoms with Gasteiger partial charge in [-0.3, -0.25) is 14.4 Å². The molecule has 6 atom stereocenters. The van der Waals surface area contributed by atoms with Crippen LogP contribution in [0.4, 0.5) is 0 Å². The number of aliphatic carboxylic acids is 2. The SMILES string of the molecule is CCC(C)[C@H](CC(=O)[C@@H](N)[C@H](N)C(=O)N[C@H](C(=O)O)C(C)CC)C(=O)O. The van der Waals surface area contributed by atoms with Crippen molar-refractivity contribution in [2.75, 3.05) is 0 Å². The molecule has 1 amide bonds. The fourth-order valence-electron chi connectivity index (χ4n) is 2.47. The highest BCUT2D eigenvalue weighted by Crippen LogP contribution is 2.20. The average Bonchev–Trinajstić information content (AvgIpc) is 2.60. The Kier molecular flexibility index (Phi) is 10.0. The van der Waals surface area contributed by atoms with Crippen LogP contribution in [-0.4, -0.2) is 52.0 Å². The van der Waals surface area contributed by atoms with E-state index in [-0.39, 0.29) is 18.3 Å². The highest BCUT2D eigenvalue weighted by molar-refractivity contribution is 5.95. The zero-order valence-corrected chi connectivity index (χ0v) is 15.8. The van der Waals surface area contributed by atoms with Crippen LogP contribution in [0.5, 0.6) is 0 Å². The smallest absolute Gasteiger partial charge is 0.326 e. The van der Waals surface area contributed by atoms with Crippen LogP contribution in [0.25, 0.3) is 0 Å². The van der Waals surface area contributed by atoms with Crippen LogP contribution in [0, 0.1) is 17.8 Å². The molecule has 0 fully saturated rings. The normalized spacial score (nSPS) is 18.1. The minimum Gasteiger partial charge on any atom is -0.481 e. The first-order valence-electron chi connectivity index (χ1n) is 8.77. The molecule has 7 N–H and O–H groups in total. The highest BCUT2D eigenvalue weighted by atomic mass is 16.4. The Bertz CT molecular complexity index is 479. The molecule has 9 heteroatoms. The molecule has 0 rings (SSSR count). The van der Waals surface area contributed by atoms with Gasteiger partial charge in [0.25, 0.3) is 0 Å². The van der Waals surface area contributed by atoms with Gasteiger partial charge in [-0.2, -0.15) is 0 Å². The van der Waals surface area contributed by atoms with E-state index in [1.165, 1.54) is 0 Å². The molecular weight excluding hydrogens is 342 g/mol. The van der Waals surface area contributed by atoms with Crippen molar-refractivity contribution in [3.05, 3.63) is 0 Å². The lowest BCUT2D eigenvalue weighted by molar-refractivity contribution is -0.146. The van der Waals surface area contributed by atoms with Crippen LogP contribution < -0.4 is 16.8 Å². The summed E-state index contributed by atoms with van der Waals surface area (Å²) >= 11 is 0. The van der Waals surface area contributed by atoms with Crippen LogP contribution in [0.15, 0.2) is 0 Å². The predicted octanol–water partition coefficient (Wildman–Crippen LogP) is -0.0374. The number of Topliss-reactive ketones (excluding diaryl/α,β-unsaturated/α-hetero) is 1. The Balaban J connectivity index is 5.03. The van der Waals surface area contributed by atoms with Crippen LogP contribution in [0.1, 0.15) is 47.0 Å². The van der Waals surface area contributed by atoms with E-state index < -0.39 is 47.7 Å². The Morgan fingerprint density at radius 3 is 1.77 bits per heavy atom. The number of hydrogen-bond acceptors (Lipinski definition) is 6.